The molecular formula is C15H16ClNO2S. The topological polar surface area (TPSA) is 46.2 Å². The van der Waals surface area contributed by atoms with Crippen molar-refractivity contribution in [3.8, 4) is 0 Å². The minimum absolute atomic E-state index is 0.0709. The first-order valence-electron chi connectivity index (χ1n) is 6.31. The van der Waals surface area contributed by atoms with Crippen LogP contribution in [-0.4, -0.2) is 20.7 Å². The van der Waals surface area contributed by atoms with Crippen LogP contribution in [0.5, 0.6) is 0 Å². The highest BCUT2D eigenvalue weighted by molar-refractivity contribution is 7.91. The second-order valence-electron chi connectivity index (χ2n) is 4.40. The normalized spacial score (nSPS) is 11.4. The molecule has 0 aromatic heterocycles. The summed E-state index contributed by atoms with van der Waals surface area (Å²) in [7, 11) is -3.22. The average Bonchev–Trinajstić information content (AvgIpc) is 2.46. The third-order valence-electron chi connectivity index (χ3n) is 2.92. The van der Waals surface area contributed by atoms with Crippen LogP contribution >= 0.6 is 11.6 Å². The number of rotatable bonds is 6. The van der Waals surface area contributed by atoms with E-state index in [0.29, 0.717) is 23.0 Å². The highest BCUT2D eigenvalue weighted by atomic mass is 35.5. The second-order valence-corrected chi connectivity index (χ2v) is 6.92. The minimum atomic E-state index is -3.22. The predicted molar refractivity (Wildman–Crippen MR) is 81.7 cm³/mol. The molecule has 0 aliphatic rings. The van der Waals surface area contributed by atoms with Crippen molar-refractivity contribution < 1.29 is 8.42 Å². The summed E-state index contributed by atoms with van der Waals surface area (Å²) >= 11 is 6.03. The van der Waals surface area contributed by atoms with E-state index in [1.54, 1.807) is 30.3 Å². The molecule has 0 unspecified atom stereocenters. The van der Waals surface area contributed by atoms with Gasteiger partial charge < -0.3 is 5.32 Å². The van der Waals surface area contributed by atoms with Crippen molar-refractivity contribution in [3.05, 3.63) is 65.2 Å². The number of hydrogen-bond donors (Lipinski definition) is 1. The number of nitrogens with one attached hydrogen (secondary N) is 1. The Kier molecular flexibility index (Phi) is 5.17. The summed E-state index contributed by atoms with van der Waals surface area (Å²) < 4.78 is 24.1. The molecule has 2 aromatic rings. The SMILES string of the molecule is O=S(=O)(CCNCc1ccccc1Cl)c1ccccc1. The Morgan fingerprint density at radius 1 is 0.950 bits per heavy atom. The highest BCUT2D eigenvalue weighted by Gasteiger charge is 2.12. The van der Waals surface area contributed by atoms with Crippen LogP contribution in [0.3, 0.4) is 0 Å². The Morgan fingerprint density at radius 2 is 1.60 bits per heavy atom. The number of sulfone groups is 1. The molecule has 0 heterocycles. The lowest BCUT2D eigenvalue weighted by molar-refractivity contribution is 0.590. The summed E-state index contributed by atoms with van der Waals surface area (Å²) in [4.78, 5) is 0.361. The van der Waals surface area contributed by atoms with E-state index < -0.39 is 9.84 Å². The summed E-state index contributed by atoms with van der Waals surface area (Å²) in [6, 6.07) is 16.0. The van der Waals surface area contributed by atoms with Gasteiger partial charge in [0.25, 0.3) is 0 Å². The van der Waals surface area contributed by atoms with Gasteiger partial charge in [0.2, 0.25) is 0 Å². The second kappa shape index (κ2) is 6.88. The standard InChI is InChI=1S/C15H16ClNO2S/c16-15-9-5-4-6-13(15)12-17-10-11-20(18,19)14-7-2-1-3-8-14/h1-9,17H,10-12H2. The molecule has 2 aromatic carbocycles. The molecule has 0 aliphatic heterocycles. The molecule has 0 aliphatic carbocycles. The first-order valence-corrected chi connectivity index (χ1v) is 8.34. The first-order chi connectivity index (χ1) is 9.59. The van der Waals surface area contributed by atoms with Crippen molar-refractivity contribution in [3.63, 3.8) is 0 Å². The van der Waals surface area contributed by atoms with E-state index in [2.05, 4.69) is 5.32 Å². The van der Waals surface area contributed by atoms with Gasteiger partial charge in [0.05, 0.1) is 10.6 Å². The van der Waals surface area contributed by atoms with Crippen LogP contribution in [0, 0.1) is 0 Å². The van der Waals surface area contributed by atoms with Crippen LogP contribution in [0.1, 0.15) is 5.56 Å². The fraction of sp³-hybridized carbons (Fsp3) is 0.200. The van der Waals surface area contributed by atoms with Gasteiger partial charge in [-0.25, -0.2) is 8.42 Å². The highest BCUT2D eigenvalue weighted by Crippen LogP contribution is 2.14. The molecule has 0 spiro atoms. The molecule has 2 rings (SSSR count). The summed E-state index contributed by atoms with van der Waals surface area (Å²) in [6.45, 7) is 0.951. The Bertz CT molecular complexity index is 657. The van der Waals surface area contributed by atoms with Crippen LogP contribution in [-0.2, 0) is 16.4 Å². The van der Waals surface area contributed by atoms with E-state index in [0.717, 1.165) is 5.56 Å². The fourth-order valence-electron chi connectivity index (χ4n) is 1.82. The maximum atomic E-state index is 12.0. The lowest BCUT2D eigenvalue weighted by Gasteiger charge is -2.07. The molecular weight excluding hydrogens is 294 g/mol. The number of halogens is 1. The molecule has 0 radical (unpaired) electrons. The molecule has 0 bridgehead atoms. The Balaban J connectivity index is 1.86. The Hall–Kier alpha value is -1.36. The largest absolute Gasteiger partial charge is 0.312 e. The van der Waals surface area contributed by atoms with Crippen molar-refractivity contribution >= 4 is 21.4 Å². The van der Waals surface area contributed by atoms with E-state index >= 15 is 0 Å². The number of hydrogen-bond acceptors (Lipinski definition) is 3. The van der Waals surface area contributed by atoms with Crippen LogP contribution < -0.4 is 5.32 Å². The first kappa shape index (κ1) is 15.0. The molecule has 0 fully saturated rings. The van der Waals surface area contributed by atoms with Crippen molar-refractivity contribution in [2.75, 3.05) is 12.3 Å². The average molecular weight is 310 g/mol. The van der Waals surface area contributed by atoms with Crippen molar-refractivity contribution in [1.29, 1.82) is 0 Å². The van der Waals surface area contributed by atoms with Crippen LogP contribution in [0.2, 0.25) is 5.02 Å². The quantitative estimate of drug-likeness (QED) is 0.835. The van der Waals surface area contributed by atoms with E-state index in [9.17, 15) is 8.42 Å². The van der Waals surface area contributed by atoms with Gasteiger partial charge in [0, 0.05) is 18.1 Å². The third kappa shape index (κ3) is 4.07. The fourth-order valence-corrected chi connectivity index (χ4v) is 3.24. The lowest BCUT2D eigenvalue weighted by atomic mass is 10.2. The van der Waals surface area contributed by atoms with E-state index in [1.165, 1.54) is 0 Å². The molecule has 1 N–H and O–H groups in total. The van der Waals surface area contributed by atoms with Gasteiger partial charge in [-0.3, -0.25) is 0 Å². The summed E-state index contributed by atoms with van der Waals surface area (Å²) in [6.07, 6.45) is 0. The van der Waals surface area contributed by atoms with Gasteiger partial charge in [0.15, 0.2) is 9.84 Å². The predicted octanol–water partition coefficient (Wildman–Crippen LogP) is 2.90. The van der Waals surface area contributed by atoms with E-state index in [1.807, 2.05) is 24.3 Å². The Labute approximate surface area is 124 Å². The molecule has 0 saturated heterocycles. The van der Waals surface area contributed by atoms with Gasteiger partial charge in [-0.05, 0) is 23.8 Å². The Morgan fingerprint density at radius 3 is 2.30 bits per heavy atom. The van der Waals surface area contributed by atoms with E-state index in [4.69, 9.17) is 11.6 Å². The van der Waals surface area contributed by atoms with Crippen molar-refractivity contribution in [1.82, 2.24) is 5.32 Å². The zero-order valence-electron chi connectivity index (χ0n) is 10.9. The molecule has 0 saturated carbocycles. The molecule has 106 valence electrons. The maximum Gasteiger partial charge on any atom is 0.179 e. The van der Waals surface area contributed by atoms with Crippen molar-refractivity contribution in [2.24, 2.45) is 0 Å². The van der Waals surface area contributed by atoms with Crippen LogP contribution in [0.15, 0.2) is 59.5 Å². The van der Waals surface area contributed by atoms with E-state index in [-0.39, 0.29) is 5.75 Å². The van der Waals surface area contributed by atoms with Gasteiger partial charge in [0.1, 0.15) is 0 Å². The maximum absolute atomic E-state index is 12.0. The molecule has 3 nitrogen and oxygen atoms in total. The monoisotopic (exact) mass is 309 g/mol. The number of benzene rings is 2. The van der Waals surface area contributed by atoms with Crippen molar-refractivity contribution in [2.45, 2.75) is 11.4 Å². The molecule has 5 heteroatoms. The van der Waals surface area contributed by atoms with Gasteiger partial charge in [-0.15, -0.1) is 0 Å². The van der Waals surface area contributed by atoms with Crippen LogP contribution in [0.25, 0.3) is 0 Å². The van der Waals surface area contributed by atoms with Gasteiger partial charge in [-0.1, -0.05) is 48.0 Å². The zero-order chi connectivity index (χ0) is 14.4. The van der Waals surface area contributed by atoms with Gasteiger partial charge >= 0.3 is 0 Å². The summed E-state index contributed by atoms with van der Waals surface area (Å²) in [5.74, 6) is 0.0709. The summed E-state index contributed by atoms with van der Waals surface area (Å²) in [5.41, 5.74) is 0.964. The molecule has 0 amide bonds. The minimum Gasteiger partial charge on any atom is -0.312 e. The summed E-state index contributed by atoms with van der Waals surface area (Å²) in [5, 5.41) is 3.79. The lowest BCUT2D eigenvalue weighted by Crippen LogP contribution is -2.22. The van der Waals surface area contributed by atoms with Gasteiger partial charge in [-0.2, -0.15) is 0 Å². The molecule has 0 atom stereocenters. The van der Waals surface area contributed by atoms with Crippen LogP contribution in [0.4, 0.5) is 0 Å². The third-order valence-corrected chi connectivity index (χ3v) is 5.02. The smallest absolute Gasteiger partial charge is 0.179 e. The molecule has 20 heavy (non-hydrogen) atoms. The zero-order valence-corrected chi connectivity index (χ0v) is 12.5.